The van der Waals surface area contributed by atoms with Crippen LogP contribution in [0.5, 0.6) is 0 Å². The molecule has 1 aliphatic rings. The third kappa shape index (κ3) is 4.60. The number of benzene rings is 1. The number of amides is 1. The minimum Gasteiger partial charge on any atom is -0.337 e. The number of hydrogen-bond donors (Lipinski definition) is 0. The van der Waals surface area contributed by atoms with Gasteiger partial charge in [0.15, 0.2) is 0 Å². The highest BCUT2D eigenvalue weighted by Crippen LogP contribution is 2.27. The Balaban J connectivity index is 1.49. The number of piperidine rings is 1. The second-order valence-corrected chi connectivity index (χ2v) is 8.06. The van der Waals surface area contributed by atoms with Crippen molar-refractivity contribution in [1.82, 2.24) is 19.7 Å². The van der Waals surface area contributed by atoms with Crippen molar-refractivity contribution in [2.24, 2.45) is 7.05 Å². The average Bonchev–Trinajstić information content (AvgIpc) is 2.77. The Hall–Kier alpha value is -2.99. The van der Waals surface area contributed by atoms with E-state index in [1.165, 1.54) is 16.8 Å². The first kappa shape index (κ1) is 20.3. The van der Waals surface area contributed by atoms with Crippen LogP contribution in [0.4, 0.5) is 0 Å². The standard InChI is InChI=1S/C23H23ClN4O2/c1-27-22(29)12-11-21(26-27)23(30)28-13-3-4-17(15-28)20-6-2-5-19(25-20)14-16-7-9-18(24)10-8-16/h2,5-12,17H,3-4,13-15H2,1H3. The summed E-state index contributed by atoms with van der Waals surface area (Å²) in [7, 11) is 1.55. The molecular weight excluding hydrogens is 400 g/mol. The van der Waals surface area contributed by atoms with Crippen LogP contribution >= 0.6 is 11.6 Å². The molecule has 3 aromatic rings. The van der Waals surface area contributed by atoms with E-state index in [2.05, 4.69) is 5.10 Å². The molecule has 3 heterocycles. The molecule has 0 radical (unpaired) electrons. The molecule has 7 heteroatoms. The van der Waals surface area contributed by atoms with Gasteiger partial charge in [0.05, 0.1) is 0 Å². The number of carbonyl (C=O) groups is 1. The first-order valence-electron chi connectivity index (χ1n) is 10.0. The van der Waals surface area contributed by atoms with Crippen molar-refractivity contribution >= 4 is 17.5 Å². The smallest absolute Gasteiger partial charge is 0.274 e. The summed E-state index contributed by atoms with van der Waals surface area (Å²) in [6.07, 6.45) is 2.63. The van der Waals surface area contributed by atoms with Crippen LogP contribution < -0.4 is 5.56 Å². The fraction of sp³-hybridized carbons (Fsp3) is 0.304. The molecule has 0 aliphatic carbocycles. The van der Waals surface area contributed by atoms with E-state index in [-0.39, 0.29) is 17.4 Å². The summed E-state index contributed by atoms with van der Waals surface area (Å²) >= 11 is 5.97. The maximum Gasteiger partial charge on any atom is 0.274 e. The van der Waals surface area contributed by atoms with Crippen molar-refractivity contribution in [1.29, 1.82) is 0 Å². The second-order valence-electron chi connectivity index (χ2n) is 7.63. The Bertz CT molecular complexity index is 1110. The molecule has 1 saturated heterocycles. The Labute approximate surface area is 180 Å². The molecule has 2 aromatic heterocycles. The zero-order valence-corrected chi connectivity index (χ0v) is 17.5. The van der Waals surface area contributed by atoms with E-state index in [1.807, 2.05) is 47.4 Å². The maximum atomic E-state index is 12.9. The van der Waals surface area contributed by atoms with Gasteiger partial charge >= 0.3 is 0 Å². The van der Waals surface area contributed by atoms with Crippen LogP contribution in [0.3, 0.4) is 0 Å². The van der Waals surface area contributed by atoms with Gasteiger partial charge in [-0.25, -0.2) is 4.68 Å². The highest BCUT2D eigenvalue weighted by molar-refractivity contribution is 6.30. The Morgan fingerprint density at radius 2 is 1.93 bits per heavy atom. The van der Waals surface area contributed by atoms with E-state index in [0.717, 1.165) is 41.2 Å². The molecule has 0 saturated carbocycles. The predicted molar refractivity (Wildman–Crippen MR) is 116 cm³/mol. The van der Waals surface area contributed by atoms with Gasteiger partial charge in [-0.3, -0.25) is 14.6 Å². The second kappa shape index (κ2) is 8.79. The number of likely N-dealkylation sites (tertiary alicyclic amines) is 1. The van der Waals surface area contributed by atoms with E-state index < -0.39 is 0 Å². The van der Waals surface area contributed by atoms with E-state index >= 15 is 0 Å². The van der Waals surface area contributed by atoms with Gasteiger partial charge in [0.2, 0.25) is 0 Å². The molecular formula is C23H23ClN4O2. The molecule has 1 aromatic carbocycles. The fourth-order valence-electron chi connectivity index (χ4n) is 3.82. The van der Waals surface area contributed by atoms with Gasteiger partial charge in [0.25, 0.3) is 11.5 Å². The number of aryl methyl sites for hydroxylation is 1. The highest BCUT2D eigenvalue weighted by atomic mass is 35.5. The predicted octanol–water partition coefficient (Wildman–Crippen LogP) is 3.44. The number of nitrogens with zero attached hydrogens (tertiary/aromatic N) is 4. The monoisotopic (exact) mass is 422 g/mol. The molecule has 30 heavy (non-hydrogen) atoms. The largest absolute Gasteiger partial charge is 0.337 e. The summed E-state index contributed by atoms with van der Waals surface area (Å²) in [5.41, 5.74) is 3.22. The van der Waals surface area contributed by atoms with Gasteiger partial charge in [-0.1, -0.05) is 29.8 Å². The van der Waals surface area contributed by atoms with Crippen LogP contribution in [0, 0.1) is 0 Å². The lowest BCUT2D eigenvalue weighted by molar-refractivity contribution is 0.0697. The number of carbonyl (C=O) groups excluding carboxylic acids is 1. The lowest BCUT2D eigenvalue weighted by Gasteiger charge is -2.32. The van der Waals surface area contributed by atoms with Crippen molar-refractivity contribution < 1.29 is 4.79 Å². The third-order valence-electron chi connectivity index (χ3n) is 5.43. The molecule has 0 N–H and O–H groups in total. The highest BCUT2D eigenvalue weighted by Gasteiger charge is 2.27. The van der Waals surface area contributed by atoms with Crippen LogP contribution in [0.1, 0.15) is 46.2 Å². The van der Waals surface area contributed by atoms with Crippen molar-refractivity contribution in [3.8, 4) is 0 Å². The number of pyridine rings is 1. The Kier molecular flexibility index (Phi) is 5.95. The molecule has 154 valence electrons. The van der Waals surface area contributed by atoms with E-state index in [4.69, 9.17) is 16.6 Å². The lowest BCUT2D eigenvalue weighted by atomic mass is 9.93. The summed E-state index contributed by atoms with van der Waals surface area (Å²) < 4.78 is 1.19. The summed E-state index contributed by atoms with van der Waals surface area (Å²) in [5, 5.41) is 4.82. The first-order chi connectivity index (χ1) is 14.5. The maximum absolute atomic E-state index is 12.9. The molecule has 1 amide bonds. The van der Waals surface area contributed by atoms with Gasteiger partial charge in [0.1, 0.15) is 5.69 Å². The molecule has 1 aliphatic heterocycles. The molecule has 0 spiro atoms. The van der Waals surface area contributed by atoms with Crippen molar-refractivity contribution in [3.05, 3.63) is 92.6 Å². The third-order valence-corrected chi connectivity index (χ3v) is 5.69. The van der Waals surface area contributed by atoms with Crippen LogP contribution in [0.15, 0.2) is 59.4 Å². The first-order valence-corrected chi connectivity index (χ1v) is 10.4. The summed E-state index contributed by atoms with van der Waals surface area (Å²) in [6, 6.07) is 16.8. The minimum absolute atomic E-state index is 0.146. The van der Waals surface area contributed by atoms with E-state index in [0.29, 0.717) is 18.8 Å². The molecule has 0 bridgehead atoms. The molecule has 1 atom stereocenters. The number of hydrogen-bond acceptors (Lipinski definition) is 4. The van der Waals surface area contributed by atoms with E-state index in [1.54, 1.807) is 7.05 Å². The van der Waals surface area contributed by atoms with Gasteiger partial charge in [0, 0.05) is 55.0 Å². The van der Waals surface area contributed by atoms with Crippen LogP contribution in [-0.4, -0.2) is 38.7 Å². The molecule has 6 nitrogen and oxygen atoms in total. The number of rotatable bonds is 4. The normalized spacial score (nSPS) is 16.5. The Morgan fingerprint density at radius 3 is 2.70 bits per heavy atom. The van der Waals surface area contributed by atoms with Crippen LogP contribution in [0.25, 0.3) is 0 Å². The summed E-state index contributed by atoms with van der Waals surface area (Å²) in [6.45, 7) is 1.28. The van der Waals surface area contributed by atoms with Gasteiger partial charge in [-0.05, 0) is 48.7 Å². The van der Waals surface area contributed by atoms with Crippen LogP contribution in [0.2, 0.25) is 5.02 Å². The van der Waals surface area contributed by atoms with Crippen LogP contribution in [-0.2, 0) is 13.5 Å². The lowest BCUT2D eigenvalue weighted by Crippen LogP contribution is -2.40. The van der Waals surface area contributed by atoms with E-state index in [9.17, 15) is 9.59 Å². The average molecular weight is 423 g/mol. The number of aromatic nitrogens is 3. The molecule has 4 rings (SSSR count). The summed E-state index contributed by atoms with van der Waals surface area (Å²) in [5.74, 6) is 0.0352. The topological polar surface area (TPSA) is 68.1 Å². The molecule has 1 unspecified atom stereocenters. The number of halogens is 1. The van der Waals surface area contributed by atoms with Gasteiger partial charge in [-0.15, -0.1) is 0 Å². The fourth-order valence-corrected chi connectivity index (χ4v) is 3.94. The van der Waals surface area contributed by atoms with Gasteiger partial charge in [-0.2, -0.15) is 5.10 Å². The van der Waals surface area contributed by atoms with Crippen molar-refractivity contribution in [3.63, 3.8) is 0 Å². The quantitative estimate of drug-likeness (QED) is 0.645. The van der Waals surface area contributed by atoms with Crippen molar-refractivity contribution in [2.75, 3.05) is 13.1 Å². The van der Waals surface area contributed by atoms with Crippen molar-refractivity contribution in [2.45, 2.75) is 25.2 Å². The zero-order valence-electron chi connectivity index (χ0n) is 16.8. The van der Waals surface area contributed by atoms with Gasteiger partial charge < -0.3 is 4.90 Å². The molecule has 1 fully saturated rings. The SMILES string of the molecule is Cn1nc(C(=O)N2CCCC(c3cccc(Cc4ccc(Cl)cc4)n3)C2)ccc1=O. The Morgan fingerprint density at radius 1 is 1.13 bits per heavy atom. The summed E-state index contributed by atoms with van der Waals surface area (Å²) in [4.78, 5) is 31.1. The zero-order chi connectivity index (χ0) is 21.1. The minimum atomic E-state index is -0.232.